The second-order valence-electron chi connectivity index (χ2n) is 11.3. The largest absolute Gasteiger partial charge is 0.316 e. The van der Waals surface area contributed by atoms with Gasteiger partial charge in [0.1, 0.15) is 0 Å². The lowest BCUT2D eigenvalue weighted by atomic mass is 10.0. The van der Waals surface area contributed by atoms with Crippen molar-refractivity contribution in [2.45, 2.75) is 6.92 Å². The third kappa shape index (κ3) is 3.52. The molecule has 6 aromatic carbocycles. The minimum absolute atomic E-state index is 1.15. The van der Waals surface area contributed by atoms with Gasteiger partial charge < -0.3 is 9.13 Å². The second-order valence-corrected chi connectivity index (χ2v) is 11.3. The summed E-state index contributed by atoms with van der Waals surface area (Å²) in [5.41, 5.74) is 9.61. The van der Waals surface area contributed by atoms with E-state index in [0.29, 0.717) is 0 Å². The Morgan fingerprint density at radius 3 is 2.19 bits per heavy atom. The average molecular weight is 550 g/mol. The first-order valence-corrected chi connectivity index (χ1v) is 14.7. The molecule has 0 saturated heterocycles. The van der Waals surface area contributed by atoms with E-state index in [4.69, 9.17) is 0 Å². The van der Waals surface area contributed by atoms with Gasteiger partial charge >= 0.3 is 0 Å². The molecule has 0 bridgehead atoms. The second kappa shape index (κ2) is 9.17. The van der Waals surface area contributed by atoms with Gasteiger partial charge in [0.25, 0.3) is 0 Å². The molecule has 0 N–H and O–H groups in total. The summed E-state index contributed by atoms with van der Waals surface area (Å²) in [6.07, 6.45) is 6.10. The molecule has 3 aromatic heterocycles. The van der Waals surface area contributed by atoms with Gasteiger partial charge in [0.05, 0.1) is 16.6 Å². The zero-order valence-corrected chi connectivity index (χ0v) is 23.7. The summed E-state index contributed by atoms with van der Waals surface area (Å²) in [5, 5.41) is 8.70. The fraction of sp³-hybridized carbons (Fsp3) is 0.0250. The molecule has 0 aliphatic heterocycles. The van der Waals surface area contributed by atoms with Crippen LogP contribution in [0.5, 0.6) is 0 Å². The lowest BCUT2D eigenvalue weighted by Gasteiger charge is -2.12. The summed E-state index contributed by atoms with van der Waals surface area (Å²) in [6, 6.07) is 46.1. The Morgan fingerprint density at radius 2 is 1.30 bits per heavy atom. The summed E-state index contributed by atoms with van der Waals surface area (Å²) in [6.45, 7) is 2.18. The molecule has 0 atom stereocenters. The standard InChI is InChI=1S/C40H27N3/c1-26-8-2-6-12-36(26)42-23-22-28-16-19-32-33(40(28)42)20-21-38-39(32)34-11-5-7-13-37(34)43(38)30-17-14-27(15-18-30)35-25-41-24-29-9-3-4-10-31(29)35/h2-25H,1H3. The number of benzene rings is 6. The van der Waals surface area contributed by atoms with Gasteiger partial charge in [-0.25, -0.2) is 0 Å². The lowest BCUT2D eigenvalue weighted by Crippen LogP contribution is -1.96. The van der Waals surface area contributed by atoms with Gasteiger partial charge in [-0.15, -0.1) is 0 Å². The van der Waals surface area contributed by atoms with Gasteiger partial charge in [0.15, 0.2) is 0 Å². The highest BCUT2D eigenvalue weighted by Gasteiger charge is 2.17. The van der Waals surface area contributed by atoms with E-state index in [2.05, 4.69) is 155 Å². The van der Waals surface area contributed by atoms with Gasteiger partial charge in [-0.3, -0.25) is 4.98 Å². The Kier molecular flexibility index (Phi) is 5.11. The Morgan fingerprint density at radius 1 is 0.535 bits per heavy atom. The molecule has 0 radical (unpaired) electrons. The Hall–Kier alpha value is -5.67. The van der Waals surface area contributed by atoms with Crippen LogP contribution in [0.25, 0.3) is 76.8 Å². The fourth-order valence-electron chi connectivity index (χ4n) is 6.96. The molecule has 0 saturated carbocycles. The van der Waals surface area contributed by atoms with Crippen LogP contribution in [0.3, 0.4) is 0 Å². The number of aromatic nitrogens is 3. The number of hydrogen-bond donors (Lipinski definition) is 0. The maximum absolute atomic E-state index is 4.51. The van der Waals surface area contributed by atoms with Crippen LogP contribution in [0, 0.1) is 6.92 Å². The number of aryl methyl sites for hydroxylation is 1. The van der Waals surface area contributed by atoms with Crippen molar-refractivity contribution in [2.24, 2.45) is 0 Å². The fourth-order valence-corrected chi connectivity index (χ4v) is 6.96. The minimum Gasteiger partial charge on any atom is -0.316 e. The molecule has 0 aliphatic carbocycles. The first kappa shape index (κ1) is 24.0. The van der Waals surface area contributed by atoms with E-state index in [0.717, 1.165) is 16.6 Å². The molecule has 3 nitrogen and oxygen atoms in total. The molecule has 0 spiro atoms. The predicted molar refractivity (Wildman–Crippen MR) is 181 cm³/mol. The van der Waals surface area contributed by atoms with Crippen LogP contribution in [-0.4, -0.2) is 14.1 Å². The van der Waals surface area contributed by atoms with Gasteiger partial charge in [-0.1, -0.05) is 91.0 Å². The van der Waals surface area contributed by atoms with Crippen molar-refractivity contribution < 1.29 is 0 Å². The molecular weight excluding hydrogens is 522 g/mol. The molecule has 202 valence electrons. The first-order valence-electron chi connectivity index (χ1n) is 14.7. The summed E-state index contributed by atoms with van der Waals surface area (Å²) in [7, 11) is 0. The van der Waals surface area contributed by atoms with Crippen LogP contribution in [0.4, 0.5) is 0 Å². The highest BCUT2D eigenvalue weighted by molar-refractivity contribution is 6.25. The Balaban J connectivity index is 1.28. The highest BCUT2D eigenvalue weighted by atomic mass is 15.0. The summed E-state index contributed by atoms with van der Waals surface area (Å²) in [4.78, 5) is 4.51. The summed E-state index contributed by atoms with van der Waals surface area (Å²) >= 11 is 0. The number of para-hydroxylation sites is 2. The highest BCUT2D eigenvalue weighted by Crippen LogP contribution is 2.40. The molecule has 3 heteroatoms. The van der Waals surface area contributed by atoms with Crippen LogP contribution < -0.4 is 0 Å². The number of rotatable bonds is 3. The average Bonchev–Trinajstić information content (AvgIpc) is 3.64. The molecule has 9 rings (SSSR count). The normalized spacial score (nSPS) is 11.8. The third-order valence-electron chi connectivity index (χ3n) is 8.96. The van der Waals surface area contributed by atoms with E-state index in [9.17, 15) is 0 Å². The number of hydrogen-bond acceptors (Lipinski definition) is 1. The lowest BCUT2D eigenvalue weighted by molar-refractivity contribution is 1.11. The van der Waals surface area contributed by atoms with Crippen molar-refractivity contribution in [3.63, 3.8) is 0 Å². The van der Waals surface area contributed by atoms with E-state index >= 15 is 0 Å². The van der Waals surface area contributed by atoms with Crippen molar-refractivity contribution in [1.82, 2.24) is 14.1 Å². The SMILES string of the molecule is Cc1ccccc1-n1ccc2ccc3c(ccc4c3c3ccccc3n4-c3ccc(-c4cncc5ccccc45)cc3)c21. The summed E-state index contributed by atoms with van der Waals surface area (Å²) < 4.78 is 4.75. The Labute approximate surface area is 248 Å². The van der Waals surface area contributed by atoms with Crippen LogP contribution in [0.1, 0.15) is 5.56 Å². The van der Waals surface area contributed by atoms with Gasteiger partial charge in [0.2, 0.25) is 0 Å². The van der Waals surface area contributed by atoms with Crippen LogP contribution in [-0.2, 0) is 0 Å². The van der Waals surface area contributed by atoms with E-state index in [1.165, 1.54) is 65.7 Å². The first-order chi connectivity index (χ1) is 21.3. The van der Waals surface area contributed by atoms with Crippen molar-refractivity contribution in [1.29, 1.82) is 0 Å². The maximum Gasteiger partial charge on any atom is 0.0607 e. The van der Waals surface area contributed by atoms with Crippen molar-refractivity contribution in [3.05, 3.63) is 152 Å². The van der Waals surface area contributed by atoms with Crippen LogP contribution in [0.2, 0.25) is 0 Å². The van der Waals surface area contributed by atoms with Gasteiger partial charge in [0, 0.05) is 62.5 Å². The number of pyridine rings is 1. The summed E-state index contributed by atoms with van der Waals surface area (Å²) in [5.74, 6) is 0. The third-order valence-corrected chi connectivity index (χ3v) is 8.96. The van der Waals surface area contributed by atoms with E-state index < -0.39 is 0 Å². The van der Waals surface area contributed by atoms with Gasteiger partial charge in [-0.2, -0.15) is 0 Å². The quantitative estimate of drug-likeness (QED) is 0.215. The van der Waals surface area contributed by atoms with Crippen molar-refractivity contribution in [2.75, 3.05) is 0 Å². The minimum atomic E-state index is 1.15. The van der Waals surface area contributed by atoms with Crippen LogP contribution in [0.15, 0.2) is 146 Å². The molecule has 43 heavy (non-hydrogen) atoms. The number of nitrogens with zero attached hydrogens (tertiary/aromatic N) is 3. The zero-order chi connectivity index (χ0) is 28.5. The van der Waals surface area contributed by atoms with E-state index in [1.54, 1.807) is 0 Å². The molecular formula is C40H27N3. The number of fused-ring (bicyclic) bond motifs is 8. The molecule has 0 amide bonds. The zero-order valence-electron chi connectivity index (χ0n) is 23.7. The molecule has 0 aliphatic rings. The molecule has 0 unspecified atom stereocenters. The van der Waals surface area contributed by atoms with Crippen molar-refractivity contribution in [3.8, 4) is 22.5 Å². The smallest absolute Gasteiger partial charge is 0.0607 e. The van der Waals surface area contributed by atoms with Gasteiger partial charge in [-0.05, 0) is 65.2 Å². The monoisotopic (exact) mass is 549 g/mol. The molecule has 9 aromatic rings. The predicted octanol–water partition coefficient (Wildman–Crippen LogP) is 10.4. The topological polar surface area (TPSA) is 22.8 Å². The molecule has 3 heterocycles. The van der Waals surface area contributed by atoms with Crippen molar-refractivity contribution >= 4 is 54.3 Å². The van der Waals surface area contributed by atoms with Crippen LogP contribution >= 0.6 is 0 Å². The molecule has 0 fully saturated rings. The van der Waals surface area contributed by atoms with E-state index in [1.807, 2.05) is 12.4 Å². The Bertz CT molecular complexity index is 2510. The maximum atomic E-state index is 4.51. The van der Waals surface area contributed by atoms with E-state index in [-0.39, 0.29) is 0 Å².